The Morgan fingerprint density at radius 3 is 2.56 bits per heavy atom. The van der Waals surface area contributed by atoms with Crippen LogP contribution in [0.1, 0.15) is 53.7 Å². The normalized spacial score (nSPS) is 16.6. The number of benzene rings is 1. The minimum absolute atomic E-state index is 0.238. The second-order valence-electron chi connectivity index (χ2n) is 7.11. The summed E-state index contributed by atoms with van der Waals surface area (Å²) < 4.78 is 7.18. The Labute approximate surface area is 150 Å². The van der Waals surface area contributed by atoms with Gasteiger partial charge >= 0.3 is 5.97 Å². The van der Waals surface area contributed by atoms with Crippen molar-refractivity contribution in [3.8, 4) is 0 Å². The van der Waals surface area contributed by atoms with Gasteiger partial charge in [-0.2, -0.15) is 0 Å². The first-order chi connectivity index (χ1) is 12.2. The fraction of sp³-hybridized carbons (Fsp3) is 0.476. The van der Waals surface area contributed by atoms with Crippen LogP contribution in [0.2, 0.25) is 0 Å². The molecule has 0 bridgehead atoms. The number of methoxy groups -OCH3 is 1. The van der Waals surface area contributed by atoms with E-state index in [4.69, 9.17) is 4.74 Å². The van der Waals surface area contributed by atoms with Crippen molar-refractivity contribution < 1.29 is 14.4 Å². The molecule has 1 aromatic heterocycles. The van der Waals surface area contributed by atoms with Crippen LogP contribution in [0.4, 0.5) is 0 Å². The number of aromatic nitrogens is 1. The Morgan fingerprint density at radius 1 is 1.12 bits per heavy atom. The molecule has 1 aromatic carbocycles. The number of hydrogen-bond acceptors (Lipinski definition) is 2. The fourth-order valence-electron chi connectivity index (χ4n) is 4.00. The van der Waals surface area contributed by atoms with Crippen LogP contribution in [-0.4, -0.2) is 23.7 Å². The van der Waals surface area contributed by atoms with Crippen molar-refractivity contribution in [3.05, 3.63) is 59.4 Å². The first-order valence-corrected chi connectivity index (χ1v) is 9.30. The Kier molecular flexibility index (Phi) is 5.92. The lowest BCUT2D eigenvalue weighted by molar-refractivity contribution is -0.953. The minimum Gasteiger partial charge on any atom is -0.465 e. The van der Waals surface area contributed by atoms with E-state index >= 15 is 0 Å². The summed E-state index contributed by atoms with van der Waals surface area (Å²) in [5.74, 6) is -0.238. The van der Waals surface area contributed by atoms with Gasteiger partial charge in [-0.15, -0.1) is 0 Å². The number of aryl methyl sites for hydroxylation is 1. The minimum atomic E-state index is -0.238. The summed E-state index contributed by atoms with van der Waals surface area (Å²) in [6, 6.07) is 12.8. The van der Waals surface area contributed by atoms with E-state index < -0.39 is 0 Å². The average molecular weight is 341 g/mol. The Hall–Kier alpha value is -2.07. The van der Waals surface area contributed by atoms with E-state index in [0.29, 0.717) is 11.6 Å². The van der Waals surface area contributed by atoms with Crippen molar-refractivity contribution in [1.82, 2.24) is 4.57 Å². The summed E-state index contributed by atoms with van der Waals surface area (Å²) in [4.78, 5) is 13.7. The Morgan fingerprint density at radius 2 is 1.88 bits per heavy atom. The van der Waals surface area contributed by atoms with E-state index in [1.165, 1.54) is 44.9 Å². The molecule has 0 aliphatic heterocycles. The summed E-state index contributed by atoms with van der Waals surface area (Å²) in [5, 5.41) is 0. The van der Waals surface area contributed by atoms with Crippen molar-refractivity contribution in [3.63, 3.8) is 0 Å². The van der Waals surface area contributed by atoms with E-state index in [-0.39, 0.29) is 5.97 Å². The zero-order chi connectivity index (χ0) is 17.6. The molecular weight excluding hydrogens is 312 g/mol. The lowest BCUT2D eigenvalue weighted by Gasteiger charge is -2.32. The molecule has 0 amide bonds. The molecular formula is C21H29N2O2+. The topological polar surface area (TPSA) is 35.7 Å². The van der Waals surface area contributed by atoms with Crippen molar-refractivity contribution >= 4 is 5.97 Å². The molecule has 1 heterocycles. The van der Waals surface area contributed by atoms with Crippen LogP contribution in [0, 0.1) is 0 Å². The Bertz CT molecular complexity index is 701. The average Bonchev–Trinajstić information content (AvgIpc) is 3.06. The second-order valence-corrected chi connectivity index (χ2v) is 7.11. The van der Waals surface area contributed by atoms with E-state index in [2.05, 4.69) is 36.0 Å². The lowest BCUT2D eigenvalue weighted by atomic mass is 9.93. The number of carbonyl (C=O) groups excluding carboxylic acids is 1. The molecule has 4 heteroatoms. The van der Waals surface area contributed by atoms with Crippen molar-refractivity contribution in [2.75, 3.05) is 7.11 Å². The smallest absolute Gasteiger partial charge is 0.338 e. The fourth-order valence-corrected chi connectivity index (χ4v) is 4.00. The Balaban J connectivity index is 1.84. The van der Waals surface area contributed by atoms with E-state index in [1.807, 2.05) is 18.2 Å². The van der Waals surface area contributed by atoms with Crippen molar-refractivity contribution in [2.24, 2.45) is 7.05 Å². The van der Waals surface area contributed by atoms with Crippen LogP contribution < -0.4 is 4.90 Å². The zero-order valence-electron chi connectivity index (χ0n) is 15.3. The summed E-state index contributed by atoms with van der Waals surface area (Å²) in [6.45, 7) is 1.85. The van der Waals surface area contributed by atoms with Gasteiger partial charge in [-0.3, -0.25) is 0 Å². The SMILES string of the molecule is COC(=O)c1ccccc1C[NH+](Cc1cccn1C)C1CCCCC1. The summed E-state index contributed by atoms with van der Waals surface area (Å²) in [5.41, 5.74) is 3.13. The van der Waals surface area contributed by atoms with Crippen molar-refractivity contribution in [1.29, 1.82) is 0 Å². The molecule has 2 aromatic rings. The van der Waals surface area contributed by atoms with Gasteiger partial charge in [0.1, 0.15) is 13.1 Å². The maximum Gasteiger partial charge on any atom is 0.338 e. The van der Waals surface area contributed by atoms with Crippen LogP contribution in [0.15, 0.2) is 42.6 Å². The number of hydrogen-bond donors (Lipinski definition) is 1. The number of nitrogens with zero attached hydrogens (tertiary/aromatic N) is 1. The molecule has 1 atom stereocenters. The third kappa shape index (κ3) is 4.31. The monoisotopic (exact) mass is 341 g/mol. The molecule has 1 unspecified atom stereocenters. The molecule has 1 aliphatic rings. The van der Waals surface area contributed by atoms with E-state index in [1.54, 1.807) is 4.90 Å². The molecule has 0 radical (unpaired) electrons. The number of quaternary nitrogens is 1. The number of esters is 1. The number of rotatable bonds is 6. The molecule has 3 rings (SSSR count). The highest BCUT2D eigenvalue weighted by Crippen LogP contribution is 2.17. The molecule has 0 spiro atoms. The maximum absolute atomic E-state index is 12.1. The third-order valence-electron chi connectivity index (χ3n) is 5.48. The zero-order valence-corrected chi connectivity index (χ0v) is 15.3. The van der Waals surface area contributed by atoms with Gasteiger partial charge in [-0.05, 0) is 43.9 Å². The van der Waals surface area contributed by atoms with Crippen LogP contribution in [0.3, 0.4) is 0 Å². The standard InChI is InChI=1S/C21H28N2O2/c1-22-14-8-12-19(22)16-23(18-10-4-3-5-11-18)15-17-9-6-7-13-20(17)21(24)25-2/h6-9,12-14,18H,3-5,10-11,15-16H2,1-2H3/p+1. The van der Waals surface area contributed by atoms with Crippen molar-refractivity contribution in [2.45, 2.75) is 51.2 Å². The maximum atomic E-state index is 12.1. The molecule has 1 aliphatic carbocycles. The molecule has 25 heavy (non-hydrogen) atoms. The van der Waals surface area contributed by atoms with Gasteiger partial charge in [0.15, 0.2) is 0 Å². The summed E-state index contributed by atoms with van der Waals surface area (Å²) in [7, 11) is 3.56. The molecule has 134 valence electrons. The number of nitrogens with one attached hydrogen (secondary N) is 1. The molecule has 1 saturated carbocycles. The van der Waals surface area contributed by atoms with Gasteiger partial charge in [-0.1, -0.05) is 24.6 Å². The molecule has 0 saturated heterocycles. The van der Waals surface area contributed by atoms with E-state index in [0.717, 1.165) is 18.7 Å². The summed E-state index contributed by atoms with van der Waals surface area (Å²) in [6.07, 6.45) is 8.66. The first kappa shape index (κ1) is 17.7. The highest BCUT2D eigenvalue weighted by atomic mass is 16.5. The van der Waals surface area contributed by atoms with E-state index in [9.17, 15) is 4.79 Å². The van der Waals surface area contributed by atoms with Crippen LogP contribution >= 0.6 is 0 Å². The predicted molar refractivity (Wildman–Crippen MR) is 98.4 cm³/mol. The van der Waals surface area contributed by atoms with Gasteiger partial charge in [0.2, 0.25) is 0 Å². The number of ether oxygens (including phenoxy) is 1. The highest BCUT2D eigenvalue weighted by molar-refractivity contribution is 5.90. The van der Waals surface area contributed by atoms with Gasteiger partial charge < -0.3 is 14.2 Å². The number of carbonyl (C=O) groups is 1. The molecule has 1 N–H and O–H groups in total. The lowest BCUT2D eigenvalue weighted by Crippen LogP contribution is -3.13. The largest absolute Gasteiger partial charge is 0.465 e. The van der Waals surface area contributed by atoms with Gasteiger partial charge in [0.25, 0.3) is 0 Å². The first-order valence-electron chi connectivity index (χ1n) is 9.30. The molecule has 1 fully saturated rings. The van der Waals surface area contributed by atoms with Gasteiger partial charge in [0.05, 0.1) is 24.4 Å². The van der Waals surface area contributed by atoms with Crippen LogP contribution in [0.25, 0.3) is 0 Å². The van der Waals surface area contributed by atoms with Crippen LogP contribution in [0.5, 0.6) is 0 Å². The predicted octanol–water partition coefficient (Wildman–Crippen LogP) is 2.73. The third-order valence-corrected chi connectivity index (χ3v) is 5.48. The molecule has 4 nitrogen and oxygen atoms in total. The second kappa shape index (κ2) is 8.34. The van der Waals surface area contributed by atoms with Gasteiger partial charge in [-0.25, -0.2) is 4.79 Å². The summed E-state index contributed by atoms with van der Waals surface area (Å²) >= 11 is 0. The quantitative estimate of drug-likeness (QED) is 0.820. The highest BCUT2D eigenvalue weighted by Gasteiger charge is 2.27. The van der Waals surface area contributed by atoms with Crippen LogP contribution in [-0.2, 0) is 24.9 Å². The van der Waals surface area contributed by atoms with Gasteiger partial charge in [0, 0.05) is 18.8 Å².